The number of thioether (sulfide) groups is 1. The highest BCUT2D eigenvalue weighted by molar-refractivity contribution is 7.98. The van der Waals surface area contributed by atoms with E-state index in [1.807, 2.05) is 18.4 Å². The fourth-order valence-electron chi connectivity index (χ4n) is 1.68. The van der Waals surface area contributed by atoms with Gasteiger partial charge in [-0.3, -0.25) is 0 Å². The third-order valence-electron chi connectivity index (χ3n) is 2.79. The summed E-state index contributed by atoms with van der Waals surface area (Å²) in [4.78, 5) is 1.08. The molecular weight excluding hydrogens is 234 g/mol. The van der Waals surface area contributed by atoms with Crippen LogP contribution in [0.25, 0.3) is 0 Å². The second-order valence-corrected chi connectivity index (χ2v) is 4.74. The first-order chi connectivity index (χ1) is 8.15. The molecule has 0 spiro atoms. The molecule has 1 aromatic rings. The van der Waals surface area contributed by atoms with Crippen molar-refractivity contribution in [2.24, 2.45) is 5.73 Å². The van der Waals surface area contributed by atoms with Crippen LogP contribution in [-0.2, 0) is 6.42 Å². The summed E-state index contributed by atoms with van der Waals surface area (Å²) < 4.78 is 10.8. The average Bonchev–Trinajstić information content (AvgIpc) is 2.37. The SMILES string of the molecule is CC[C@H](N)Cc1cc(OC)c(SC)cc1OC. The van der Waals surface area contributed by atoms with E-state index in [-0.39, 0.29) is 6.04 Å². The minimum atomic E-state index is 0.161. The van der Waals surface area contributed by atoms with Crippen molar-refractivity contribution >= 4 is 11.8 Å². The summed E-state index contributed by atoms with van der Waals surface area (Å²) in [5, 5.41) is 0. The van der Waals surface area contributed by atoms with Gasteiger partial charge in [-0.2, -0.15) is 0 Å². The molecule has 1 aromatic carbocycles. The van der Waals surface area contributed by atoms with Crippen molar-refractivity contribution in [3.05, 3.63) is 17.7 Å². The largest absolute Gasteiger partial charge is 0.496 e. The maximum Gasteiger partial charge on any atom is 0.132 e. The van der Waals surface area contributed by atoms with Crippen LogP contribution in [0, 0.1) is 0 Å². The Morgan fingerprint density at radius 3 is 2.35 bits per heavy atom. The van der Waals surface area contributed by atoms with Crippen molar-refractivity contribution in [1.29, 1.82) is 0 Å². The Labute approximate surface area is 108 Å². The zero-order chi connectivity index (χ0) is 12.8. The first-order valence-corrected chi connectivity index (χ1v) is 6.93. The summed E-state index contributed by atoms with van der Waals surface area (Å²) in [7, 11) is 3.37. The van der Waals surface area contributed by atoms with Gasteiger partial charge in [0.1, 0.15) is 11.5 Å². The molecule has 0 unspecified atom stereocenters. The van der Waals surface area contributed by atoms with Gasteiger partial charge in [-0.25, -0.2) is 0 Å². The molecule has 17 heavy (non-hydrogen) atoms. The van der Waals surface area contributed by atoms with E-state index in [4.69, 9.17) is 15.2 Å². The molecule has 0 radical (unpaired) electrons. The molecule has 0 fully saturated rings. The van der Waals surface area contributed by atoms with Crippen LogP contribution in [0.4, 0.5) is 0 Å². The Morgan fingerprint density at radius 1 is 1.24 bits per heavy atom. The Bertz CT molecular complexity index is 369. The van der Waals surface area contributed by atoms with Gasteiger partial charge in [-0.1, -0.05) is 6.92 Å². The van der Waals surface area contributed by atoms with Gasteiger partial charge >= 0.3 is 0 Å². The summed E-state index contributed by atoms with van der Waals surface area (Å²) in [6.07, 6.45) is 3.79. The van der Waals surface area contributed by atoms with Crippen LogP contribution < -0.4 is 15.2 Å². The third-order valence-corrected chi connectivity index (χ3v) is 3.55. The maximum atomic E-state index is 5.99. The molecule has 4 heteroatoms. The highest BCUT2D eigenvalue weighted by Gasteiger charge is 2.12. The van der Waals surface area contributed by atoms with E-state index < -0.39 is 0 Å². The van der Waals surface area contributed by atoms with E-state index in [9.17, 15) is 0 Å². The summed E-state index contributed by atoms with van der Waals surface area (Å²) >= 11 is 1.65. The standard InChI is InChI=1S/C13H21NO2S/c1-5-10(14)6-9-7-12(16-3)13(17-4)8-11(9)15-2/h7-8,10H,5-6,14H2,1-4H3/t10-/m0/s1. The molecule has 0 aliphatic heterocycles. The van der Waals surface area contributed by atoms with Crippen molar-refractivity contribution in [2.45, 2.75) is 30.7 Å². The Kier molecular flexibility index (Phi) is 5.65. The number of benzene rings is 1. The molecule has 1 rings (SSSR count). The molecule has 0 aliphatic carbocycles. The van der Waals surface area contributed by atoms with E-state index in [2.05, 4.69) is 6.92 Å². The molecule has 1 atom stereocenters. The van der Waals surface area contributed by atoms with E-state index in [0.717, 1.165) is 34.8 Å². The predicted molar refractivity (Wildman–Crippen MR) is 73.3 cm³/mol. The monoisotopic (exact) mass is 255 g/mol. The van der Waals surface area contributed by atoms with Crippen LogP contribution in [0.5, 0.6) is 11.5 Å². The Morgan fingerprint density at radius 2 is 1.88 bits per heavy atom. The van der Waals surface area contributed by atoms with Gasteiger partial charge in [0.15, 0.2) is 0 Å². The molecule has 96 valence electrons. The van der Waals surface area contributed by atoms with Crippen molar-refractivity contribution in [2.75, 3.05) is 20.5 Å². The molecule has 0 heterocycles. The first kappa shape index (κ1) is 14.2. The molecule has 0 saturated carbocycles. The van der Waals surface area contributed by atoms with Gasteiger partial charge in [0.05, 0.1) is 19.1 Å². The smallest absolute Gasteiger partial charge is 0.132 e. The molecule has 0 aliphatic rings. The molecule has 3 nitrogen and oxygen atoms in total. The first-order valence-electron chi connectivity index (χ1n) is 5.70. The second kappa shape index (κ2) is 6.77. The topological polar surface area (TPSA) is 44.5 Å². The number of hydrogen-bond donors (Lipinski definition) is 1. The van der Waals surface area contributed by atoms with Crippen LogP contribution in [-0.4, -0.2) is 26.5 Å². The quantitative estimate of drug-likeness (QED) is 0.794. The van der Waals surface area contributed by atoms with Crippen molar-refractivity contribution in [1.82, 2.24) is 0 Å². The minimum absolute atomic E-state index is 0.161. The zero-order valence-corrected chi connectivity index (χ0v) is 11.8. The lowest BCUT2D eigenvalue weighted by molar-refractivity contribution is 0.389. The van der Waals surface area contributed by atoms with Crippen LogP contribution in [0.2, 0.25) is 0 Å². The number of methoxy groups -OCH3 is 2. The summed E-state index contributed by atoms with van der Waals surface area (Å²) in [6, 6.07) is 4.20. The molecular formula is C13H21NO2S. The van der Waals surface area contributed by atoms with Gasteiger partial charge < -0.3 is 15.2 Å². The molecule has 0 bridgehead atoms. The van der Waals surface area contributed by atoms with Crippen LogP contribution in [0.15, 0.2) is 17.0 Å². The van der Waals surface area contributed by atoms with E-state index in [1.54, 1.807) is 26.0 Å². The van der Waals surface area contributed by atoms with Gasteiger partial charge in [-0.05, 0) is 36.8 Å². The molecule has 0 saturated heterocycles. The van der Waals surface area contributed by atoms with Crippen LogP contribution in [0.1, 0.15) is 18.9 Å². The fourth-order valence-corrected chi connectivity index (χ4v) is 2.25. The second-order valence-electron chi connectivity index (χ2n) is 3.89. The van der Waals surface area contributed by atoms with E-state index >= 15 is 0 Å². The number of nitrogens with two attached hydrogens (primary N) is 1. The minimum Gasteiger partial charge on any atom is -0.496 e. The maximum absolute atomic E-state index is 5.99. The number of ether oxygens (including phenoxy) is 2. The highest BCUT2D eigenvalue weighted by atomic mass is 32.2. The Balaban J connectivity index is 3.09. The summed E-state index contributed by atoms with van der Waals surface area (Å²) in [6.45, 7) is 2.09. The van der Waals surface area contributed by atoms with Gasteiger partial charge in [0.2, 0.25) is 0 Å². The molecule has 2 N–H and O–H groups in total. The Hall–Kier alpha value is -0.870. The number of rotatable bonds is 6. The lowest BCUT2D eigenvalue weighted by Crippen LogP contribution is -2.21. The molecule has 0 amide bonds. The average molecular weight is 255 g/mol. The summed E-state index contributed by atoms with van der Waals surface area (Å²) in [5.41, 5.74) is 7.10. The van der Waals surface area contributed by atoms with E-state index in [0.29, 0.717) is 0 Å². The molecule has 0 aromatic heterocycles. The van der Waals surface area contributed by atoms with Crippen molar-refractivity contribution in [3.8, 4) is 11.5 Å². The van der Waals surface area contributed by atoms with Gasteiger partial charge in [0.25, 0.3) is 0 Å². The highest BCUT2D eigenvalue weighted by Crippen LogP contribution is 2.35. The van der Waals surface area contributed by atoms with E-state index in [1.165, 1.54) is 0 Å². The van der Waals surface area contributed by atoms with Gasteiger partial charge in [-0.15, -0.1) is 11.8 Å². The lowest BCUT2D eigenvalue weighted by Gasteiger charge is -2.16. The van der Waals surface area contributed by atoms with Crippen LogP contribution >= 0.6 is 11.8 Å². The third kappa shape index (κ3) is 3.54. The zero-order valence-electron chi connectivity index (χ0n) is 10.9. The van der Waals surface area contributed by atoms with Crippen molar-refractivity contribution < 1.29 is 9.47 Å². The summed E-state index contributed by atoms with van der Waals surface area (Å²) in [5.74, 6) is 1.77. The fraction of sp³-hybridized carbons (Fsp3) is 0.538. The number of hydrogen-bond acceptors (Lipinski definition) is 4. The predicted octanol–water partition coefficient (Wildman–Crippen LogP) is 2.71. The van der Waals surface area contributed by atoms with Crippen LogP contribution in [0.3, 0.4) is 0 Å². The van der Waals surface area contributed by atoms with Gasteiger partial charge in [0, 0.05) is 6.04 Å². The lowest BCUT2D eigenvalue weighted by atomic mass is 10.0. The normalized spacial score (nSPS) is 12.3. The van der Waals surface area contributed by atoms with Crippen molar-refractivity contribution in [3.63, 3.8) is 0 Å².